The number of aromatic nitrogens is 2. The molecule has 266 valence electrons. The highest BCUT2D eigenvalue weighted by Gasteiger charge is 2.45. The predicted octanol–water partition coefficient (Wildman–Crippen LogP) is 7.83. The van der Waals surface area contributed by atoms with E-state index in [0.29, 0.717) is 30.5 Å². The zero-order chi connectivity index (χ0) is 35.7. The van der Waals surface area contributed by atoms with Crippen LogP contribution in [-0.2, 0) is 27.2 Å². The van der Waals surface area contributed by atoms with Crippen molar-refractivity contribution in [2.45, 2.75) is 89.2 Å². The van der Waals surface area contributed by atoms with Crippen LogP contribution >= 0.6 is 7.60 Å². The molecule has 5 rings (SSSR count). The molecule has 1 saturated carbocycles. The van der Waals surface area contributed by atoms with Gasteiger partial charge in [0.2, 0.25) is 5.95 Å². The summed E-state index contributed by atoms with van der Waals surface area (Å²) < 4.78 is 66.6. The first-order chi connectivity index (χ1) is 23.2. The molecule has 15 heteroatoms. The van der Waals surface area contributed by atoms with Crippen molar-refractivity contribution in [3.05, 3.63) is 64.3 Å². The zero-order valence-corrected chi connectivity index (χ0v) is 29.1. The Morgan fingerprint density at radius 1 is 1.02 bits per heavy atom. The summed E-state index contributed by atoms with van der Waals surface area (Å²) in [5.41, 5.74) is 1.87. The maximum atomic E-state index is 14.2. The van der Waals surface area contributed by atoms with Gasteiger partial charge in [-0.3, -0.25) is 9.36 Å². The van der Waals surface area contributed by atoms with Crippen LogP contribution in [0, 0.1) is 0 Å². The molecule has 1 aliphatic carbocycles. The molecule has 0 unspecified atom stereocenters. The van der Waals surface area contributed by atoms with Crippen molar-refractivity contribution in [3.63, 3.8) is 0 Å². The van der Waals surface area contributed by atoms with Crippen LogP contribution in [0.4, 0.5) is 36.3 Å². The van der Waals surface area contributed by atoms with Crippen LogP contribution in [0.3, 0.4) is 0 Å². The van der Waals surface area contributed by atoms with Gasteiger partial charge in [0.25, 0.3) is 5.91 Å². The van der Waals surface area contributed by atoms with E-state index in [4.69, 9.17) is 9.47 Å². The Morgan fingerprint density at radius 2 is 1.69 bits per heavy atom. The van der Waals surface area contributed by atoms with Gasteiger partial charge in [-0.15, -0.1) is 0 Å². The molecule has 2 aliphatic rings. The van der Waals surface area contributed by atoms with E-state index in [9.17, 15) is 32.3 Å². The first-order valence-electron chi connectivity index (χ1n) is 16.4. The van der Waals surface area contributed by atoms with Gasteiger partial charge in [-0.25, -0.2) is 4.98 Å². The van der Waals surface area contributed by atoms with Crippen LogP contribution < -0.4 is 15.4 Å². The second-order valence-electron chi connectivity index (χ2n) is 12.5. The number of carbonyl (C=O) groups excluding carboxylic acids is 1. The molecule has 49 heavy (non-hydrogen) atoms. The van der Waals surface area contributed by atoms with Crippen molar-refractivity contribution in [2.24, 2.45) is 0 Å². The molecule has 1 fully saturated rings. The largest absolute Gasteiger partial charge is 0.495 e. The number of carbonyl (C=O) groups is 1. The van der Waals surface area contributed by atoms with Gasteiger partial charge < -0.3 is 34.8 Å². The monoisotopic (exact) mass is 705 g/mol. The van der Waals surface area contributed by atoms with Crippen LogP contribution in [0.2, 0.25) is 0 Å². The fourth-order valence-electron chi connectivity index (χ4n) is 7.16. The molecule has 0 bridgehead atoms. The van der Waals surface area contributed by atoms with E-state index in [1.165, 1.54) is 25.3 Å². The fraction of sp³-hybridized carbons (Fsp3) is 0.500. The van der Waals surface area contributed by atoms with Crippen molar-refractivity contribution in [1.29, 1.82) is 0 Å². The number of nitrogens with zero attached hydrogens (tertiary/aromatic N) is 3. The van der Waals surface area contributed by atoms with E-state index < -0.39 is 30.3 Å². The summed E-state index contributed by atoms with van der Waals surface area (Å²) in [7, 11) is -1.55. The number of fused-ring (bicyclic) bond motifs is 1. The molecule has 1 amide bonds. The third-order valence-electron chi connectivity index (χ3n) is 9.88. The Balaban J connectivity index is 1.49. The summed E-state index contributed by atoms with van der Waals surface area (Å²) in [6.45, 7) is 6.36. The van der Waals surface area contributed by atoms with Crippen LogP contribution in [0.1, 0.15) is 97.8 Å². The van der Waals surface area contributed by atoms with Crippen molar-refractivity contribution in [3.8, 4) is 5.75 Å². The van der Waals surface area contributed by atoms with E-state index in [1.54, 1.807) is 31.9 Å². The maximum Gasteiger partial charge on any atom is 0.421 e. The standard InChI is InChI=1S/C34H43F3N5O6P/c1-6-33(7-2,49(44,45)46)21-11-15-26(28(17-21)47-5)40-32-38-18-25(34(35,36)37)30(41-32)39-27-16-14-23(24-19-42(4)31(43)29(24)27)20-9-12-22(13-10-20)48-8-3/h11,14-18,20,22H,6-10,12-13,19H2,1-5H3,(H2,44,45,46)(H2,38,39,40,41)/t20-,22+. The smallest absolute Gasteiger partial charge is 0.421 e. The normalized spacial score (nSPS) is 18.4. The number of amides is 1. The SMILES string of the molecule is CCO[C@H]1CC[C@@H](c2ccc(Nc3nc(Nc4ccc(C(CC)(CC)P(=O)(O)O)cc4OC)ncc3C(F)(F)F)c3c2CN(C)C3=O)CC1. The average Bonchev–Trinajstić information content (AvgIpc) is 3.36. The van der Waals surface area contributed by atoms with Gasteiger partial charge in [-0.1, -0.05) is 26.0 Å². The Kier molecular flexibility index (Phi) is 10.6. The molecule has 11 nitrogen and oxygen atoms in total. The Morgan fingerprint density at radius 3 is 2.29 bits per heavy atom. The number of benzene rings is 2. The van der Waals surface area contributed by atoms with Gasteiger partial charge >= 0.3 is 13.8 Å². The highest BCUT2D eigenvalue weighted by molar-refractivity contribution is 7.53. The van der Waals surface area contributed by atoms with Crippen LogP contribution in [0.5, 0.6) is 5.75 Å². The van der Waals surface area contributed by atoms with Crippen molar-refractivity contribution in [2.75, 3.05) is 31.4 Å². The minimum atomic E-state index is -4.81. The van der Waals surface area contributed by atoms with Gasteiger partial charge in [0.15, 0.2) is 0 Å². The number of ether oxygens (including phenoxy) is 2. The average molecular weight is 706 g/mol. The number of methoxy groups -OCH3 is 1. The Labute approximate surface area is 283 Å². The van der Waals surface area contributed by atoms with Gasteiger partial charge in [-0.05, 0) is 86.3 Å². The van der Waals surface area contributed by atoms with Gasteiger partial charge in [0.05, 0.1) is 35.3 Å². The minimum Gasteiger partial charge on any atom is -0.495 e. The first-order valence-corrected chi connectivity index (χ1v) is 18.0. The fourth-order valence-corrected chi connectivity index (χ4v) is 8.46. The first kappa shape index (κ1) is 36.6. The van der Waals surface area contributed by atoms with E-state index in [-0.39, 0.29) is 53.8 Å². The molecule has 0 saturated heterocycles. The van der Waals surface area contributed by atoms with Crippen LogP contribution in [-0.4, -0.2) is 57.4 Å². The van der Waals surface area contributed by atoms with E-state index >= 15 is 0 Å². The number of alkyl halides is 3. The Bertz CT molecular complexity index is 1740. The molecular weight excluding hydrogens is 662 g/mol. The van der Waals surface area contributed by atoms with Crippen molar-refractivity contribution >= 4 is 36.6 Å². The molecule has 2 aromatic carbocycles. The van der Waals surface area contributed by atoms with E-state index in [1.807, 2.05) is 13.0 Å². The molecular formula is C34H43F3N5O6P. The van der Waals surface area contributed by atoms with Crippen LogP contribution in [0.15, 0.2) is 36.5 Å². The molecule has 3 aromatic rings. The summed E-state index contributed by atoms with van der Waals surface area (Å²) in [6, 6.07) is 8.08. The summed E-state index contributed by atoms with van der Waals surface area (Å²) in [5, 5.41) is 4.24. The lowest BCUT2D eigenvalue weighted by Gasteiger charge is -2.33. The lowest BCUT2D eigenvalue weighted by Crippen LogP contribution is -2.24. The third kappa shape index (κ3) is 7.15. The second-order valence-corrected chi connectivity index (χ2v) is 14.5. The third-order valence-corrected chi connectivity index (χ3v) is 11.9. The lowest BCUT2D eigenvalue weighted by molar-refractivity contribution is -0.137. The molecule has 4 N–H and O–H groups in total. The maximum absolute atomic E-state index is 14.2. The number of rotatable bonds is 12. The quantitative estimate of drug-likeness (QED) is 0.138. The molecule has 2 heterocycles. The van der Waals surface area contributed by atoms with Crippen molar-refractivity contribution < 1.29 is 41.8 Å². The number of halogens is 3. The van der Waals surface area contributed by atoms with E-state index in [0.717, 1.165) is 36.8 Å². The topological polar surface area (TPSA) is 146 Å². The van der Waals surface area contributed by atoms with Gasteiger partial charge in [0, 0.05) is 26.4 Å². The second kappa shape index (κ2) is 14.3. The molecule has 0 radical (unpaired) electrons. The summed E-state index contributed by atoms with van der Waals surface area (Å²) in [5.74, 6) is -0.641. The van der Waals surface area contributed by atoms with Crippen LogP contribution in [0.25, 0.3) is 0 Å². The van der Waals surface area contributed by atoms with E-state index in [2.05, 4.69) is 20.6 Å². The summed E-state index contributed by atoms with van der Waals surface area (Å²) >= 11 is 0. The Hall–Kier alpha value is -3.71. The molecule has 1 aliphatic heterocycles. The molecule has 1 aromatic heterocycles. The zero-order valence-electron chi connectivity index (χ0n) is 28.2. The number of hydrogen-bond acceptors (Lipinski definition) is 8. The minimum absolute atomic E-state index is 0.165. The number of anilines is 4. The van der Waals surface area contributed by atoms with Gasteiger partial charge in [0.1, 0.15) is 17.1 Å². The number of nitrogens with one attached hydrogen (secondary N) is 2. The summed E-state index contributed by atoms with van der Waals surface area (Å²) in [6.07, 6.45) is -0.0290. The number of hydrogen-bond donors (Lipinski definition) is 4. The lowest BCUT2D eigenvalue weighted by atomic mass is 9.80. The predicted molar refractivity (Wildman–Crippen MR) is 180 cm³/mol. The highest BCUT2D eigenvalue weighted by Crippen LogP contribution is 2.61. The van der Waals surface area contributed by atoms with Gasteiger partial charge in [-0.2, -0.15) is 18.2 Å². The summed E-state index contributed by atoms with van der Waals surface area (Å²) in [4.78, 5) is 43.4. The van der Waals surface area contributed by atoms with Crippen molar-refractivity contribution in [1.82, 2.24) is 14.9 Å². The molecule has 0 spiro atoms. The molecule has 0 atom stereocenters. The highest BCUT2D eigenvalue weighted by atomic mass is 31.2.